The topological polar surface area (TPSA) is 80.6 Å². The quantitative estimate of drug-likeness (QED) is 0.565. The first-order valence-corrected chi connectivity index (χ1v) is 11.9. The molecule has 0 atom stereocenters. The Morgan fingerprint density at radius 3 is 2.19 bits per heavy atom. The molecule has 1 aliphatic rings. The SMILES string of the molecule is CCOc1cc(C(=O)Nc2sc3c(c2C#N)CCCCCC3)cc(OCC)c1OCC. The Bertz CT molecular complexity index is 934. The van der Waals surface area contributed by atoms with Gasteiger partial charge in [-0.3, -0.25) is 4.79 Å². The monoisotopic (exact) mass is 442 g/mol. The van der Waals surface area contributed by atoms with Gasteiger partial charge in [-0.2, -0.15) is 5.26 Å². The van der Waals surface area contributed by atoms with Crippen LogP contribution in [0.3, 0.4) is 0 Å². The highest BCUT2D eigenvalue weighted by Crippen LogP contribution is 2.40. The van der Waals surface area contributed by atoms with Crippen LogP contribution < -0.4 is 19.5 Å². The molecule has 1 aromatic heterocycles. The van der Waals surface area contributed by atoms with Crippen LogP contribution in [-0.2, 0) is 12.8 Å². The van der Waals surface area contributed by atoms with E-state index in [1.807, 2.05) is 20.8 Å². The molecule has 0 saturated heterocycles. The maximum Gasteiger partial charge on any atom is 0.256 e. The average molecular weight is 443 g/mol. The molecule has 0 spiro atoms. The standard InChI is InChI=1S/C24H30N2O4S/c1-4-28-19-13-16(14-20(29-5-2)22(19)30-6-3)23(27)26-24-18(15-25)17-11-9-7-8-10-12-21(17)31-24/h13-14H,4-12H2,1-3H3,(H,26,27). The molecule has 0 unspecified atom stereocenters. The van der Waals surface area contributed by atoms with Crippen molar-refractivity contribution >= 4 is 22.2 Å². The Morgan fingerprint density at radius 2 is 1.61 bits per heavy atom. The number of fused-ring (bicyclic) bond motifs is 1. The number of hydrogen-bond acceptors (Lipinski definition) is 6. The lowest BCUT2D eigenvalue weighted by Gasteiger charge is -2.17. The van der Waals surface area contributed by atoms with Gasteiger partial charge in [-0.1, -0.05) is 12.8 Å². The second-order valence-corrected chi connectivity index (χ2v) is 8.39. The highest BCUT2D eigenvalue weighted by molar-refractivity contribution is 7.16. The molecule has 31 heavy (non-hydrogen) atoms. The molecular weight excluding hydrogens is 412 g/mol. The Hall–Kier alpha value is -2.72. The van der Waals surface area contributed by atoms with Crippen LogP contribution in [0, 0.1) is 11.3 Å². The van der Waals surface area contributed by atoms with Crippen LogP contribution in [0.4, 0.5) is 5.00 Å². The summed E-state index contributed by atoms with van der Waals surface area (Å²) in [7, 11) is 0. The molecule has 1 N–H and O–H groups in total. The number of nitriles is 1. The lowest BCUT2D eigenvalue weighted by Crippen LogP contribution is -2.13. The molecule has 7 heteroatoms. The van der Waals surface area contributed by atoms with Gasteiger partial charge in [0, 0.05) is 10.4 Å². The first-order valence-electron chi connectivity index (χ1n) is 11.0. The fourth-order valence-corrected chi connectivity index (χ4v) is 5.06. The number of carbonyl (C=O) groups is 1. The maximum atomic E-state index is 13.1. The normalized spacial score (nSPS) is 13.4. The molecular formula is C24H30N2O4S. The number of aryl methyl sites for hydroxylation is 1. The van der Waals surface area contributed by atoms with Crippen molar-refractivity contribution in [2.24, 2.45) is 0 Å². The van der Waals surface area contributed by atoms with Gasteiger partial charge in [0.05, 0.1) is 25.4 Å². The fraction of sp³-hybridized carbons (Fsp3) is 0.500. The third kappa shape index (κ3) is 5.31. The summed E-state index contributed by atoms with van der Waals surface area (Å²) >= 11 is 1.53. The van der Waals surface area contributed by atoms with E-state index in [1.165, 1.54) is 29.1 Å². The molecule has 0 bridgehead atoms. The van der Waals surface area contributed by atoms with Crippen LogP contribution in [-0.4, -0.2) is 25.7 Å². The van der Waals surface area contributed by atoms with Gasteiger partial charge in [0.2, 0.25) is 5.75 Å². The van der Waals surface area contributed by atoms with Crippen molar-refractivity contribution < 1.29 is 19.0 Å². The van der Waals surface area contributed by atoms with E-state index >= 15 is 0 Å². The first kappa shape index (κ1) is 23.0. The first-order chi connectivity index (χ1) is 15.1. The van der Waals surface area contributed by atoms with Gasteiger partial charge in [-0.15, -0.1) is 11.3 Å². The van der Waals surface area contributed by atoms with E-state index in [9.17, 15) is 10.1 Å². The van der Waals surface area contributed by atoms with Crippen molar-refractivity contribution in [1.82, 2.24) is 0 Å². The summed E-state index contributed by atoms with van der Waals surface area (Å²) in [5.74, 6) is 1.15. The maximum absolute atomic E-state index is 13.1. The van der Waals surface area contributed by atoms with E-state index in [-0.39, 0.29) is 5.91 Å². The molecule has 0 saturated carbocycles. The van der Waals surface area contributed by atoms with E-state index in [2.05, 4.69) is 11.4 Å². The van der Waals surface area contributed by atoms with Crippen molar-refractivity contribution in [2.75, 3.05) is 25.1 Å². The van der Waals surface area contributed by atoms with E-state index in [4.69, 9.17) is 14.2 Å². The zero-order valence-corrected chi connectivity index (χ0v) is 19.3. The molecule has 166 valence electrons. The minimum absolute atomic E-state index is 0.296. The van der Waals surface area contributed by atoms with Crippen molar-refractivity contribution in [3.05, 3.63) is 33.7 Å². The van der Waals surface area contributed by atoms with Crippen molar-refractivity contribution in [1.29, 1.82) is 5.26 Å². The van der Waals surface area contributed by atoms with E-state index in [0.29, 0.717) is 53.2 Å². The second kappa shape index (κ2) is 11.1. The number of carbonyl (C=O) groups excluding carboxylic acids is 1. The van der Waals surface area contributed by atoms with Gasteiger partial charge in [-0.05, 0) is 64.2 Å². The molecule has 3 rings (SSSR count). The lowest BCUT2D eigenvalue weighted by molar-refractivity contribution is 0.102. The van der Waals surface area contributed by atoms with Crippen LogP contribution in [0.1, 0.15) is 72.8 Å². The summed E-state index contributed by atoms with van der Waals surface area (Å²) in [5.41, 5.74) is 2.12. The second-order valence-electron chi connectivity index (χ2n) is 7.29. The molecule has 0 radical (unpaired) electrons. The average Bonchev–Trinajstić information content (AvgIpc) is 3.05. The van der Waals surface area contributed by atoms with Gasteiger partial charge >= 0.3 is 0 Å². The zero-order chi connectivity index (χ0) is 22.2. The van der Waals surface area contributed by atoms with Gasteiger partial charge in [0.25, 0.3) is 5.91 Å². The third-order valence-corrected chi connectivity index (χ3v) is 6.39. The Balaban J connectivity index is 1.94. The predicted octanol–water partition coefficient (Wildman–Crippen LogP) is 5.73. The molecule has 1 heterocycles. The van der Waals surface area contributed by atoms with Crippen molar-refractivity contribution in [3.63, 3.8) is 0 Å². The minimum atomic E-state index is -0.296. The summed E-state index contributed by atoms with van der Waals surface area (Å²) in [6.45, 7) is 6.98. The summed E-state index contributed by atoms with van der Waals surface area (Å²) in [6.07, 6.45) is 6.48. The van der Waals surface area contributed by atoms with Crippen molar-refractivity contribution in [3.8, 4) is 23.3 Å². The number of amides is 1. The minimum Gasteiger partial charge on any atom is -0.490 e. The number of nitrogens with one attached hydrogen (secondary N) is 1. The molecule has 0 aliphatic heterocycles. The van der Waals surface area contributed by atoms with Crippen LogP contribution in [0.25, 0.3) is 0 Å². The molecule has 1 amide bonds. The molecule has 1 aromatic carbocycles. The van der Waals surface area contributed by atoms with Crippen LogP contribution >= 0.6 is 11.3 Å². The number of hydrogen-bond donors (Lipinski definition) is 1. The Morgan fingerprint density at radius 1 is 1.00 bits per heavy atom. The molecule has 6 nitrogen and oxygen atoms in total. The number of benzene rings is 1. The predicted molar refractivity (Wildman–Crippen MR) is 123 cm³/mol. The highest BCUT2D eigenvalue weighted by atomic mass is 32.1. The summed E-state index contributed by atoms with van der Waals surface area (Å²) in [5, 5.41) is 13.4. The van der Waals surface area contributed by atoms with E-state index in [0.717, 1.165) is 31.2 Å². The van der Waals surface area contributed by atoms with Gasteiger partial charge in [0.15, 0.2) is 11.5 Å². The smallest absolute Gasteiger partial charge is 0.256 e. The number of thiophene rings is 1. The van der Waals surface area contributed by atoms with Gasteiger partial charge in [0.1, 0.15) is 11.1 Å². The summed E-state index contributed by atoms with van der Waals surface area (Å²) < 4.78 is 17.2. The van der Waals surface area contributed by atoms with Crippen molar-refractivity contribution in [2.45, 2.75) is 59.3 Å². The summed E-state index contributed by atoms with van der Waals surface area (Å²) in [4.78, 5) is 14.4. The molecule has 2 aromatic rings. The van der Waals surface area contributed by atoms with Crippen LogP contribution in [0.2, 0.25) is 0 Å². The zero-order valence-electron chi connectivity index (χ0n) is 18.5. The largest absolute Gasteiger partial charge is 0.490 e. The lowest BCUT2D eigenvalue weighted by atomic mass is 9.97. The number of ether oxygens (including phenoxy) is 3. The van der Waals surface area contributed by atoms with Gasteiger partial charge < -0.3 is 19.5 Å². The number of anilines is 1. The highest BCUT2D eigenvalue weighted by Gasteiger charge is 2.23. The molecule has 1 aliphatic carbocycles. The Labute approximate surface area is 188 Å². The van der Waals surface area contributed by atoms with Gasteiger partial charge in [-0.25, -0.2) is 0 Å². The number of nitrogens with zero attached hydrogens (tertiary/aromatic N) is 1. The summed E-state index contributed by atoms with van der Waals surface area (Å²) in [6, 6.07) is 5.66. The molecule has 0 fully saturated rings. The Kier molecular flexibility index (Phi) is 8.19. The van der Waals surface area contributed by atoms with E-state index < -0.39 is 0 Å². The third-order valence-electron chi connectivity index (χ3n) is 5.18. The fourth-order valence-electron chi connectivity index (χ4n) is 3.82. The van der Waals surface area contributed by atoms with Crippen LogP contribution in [0.5, 0.6) is 17.2 Å². The number of rotatable bonds is 8. The van der Waals surface area contributed by atoms with E-state index in [1.54, 1.807) is 12.1 Å². The van der Waals surface area contributed by atoms with Crippen LogP contribution in [0.15, 0.2) is 12.1 Å².